The van der Waals surface area contributed by atoms with Crippen LogP contribution in [-0.2, 0) is 9.53 Å². The molecule has 3 rings (SSSR count). The van der Waals surface area contributed by atoms with Gasteiger partial charge >= 0.3 is 5.97 Å². The van der Waals surface area contributed by atoms with Crippen molar-refractivity contribution in [3.63, 3.8) is 0 Å². The first-order valence-electron chi connectivity index (χ1n) is 7.82. The van der Waals surface area contributed by atoms with E-state index in [9.17, 15) is 23.6 Å². The summed E-state index contributed by atoms with van der Waals surface area (Å²) < 4.78 is 17.8. The van der Waals surface area contributed by atoms with Crippen molar-refractivity contribution >= 4 is 23.6 Å². The van der Waals surface area contributed by atoms with Crippen molar-refractivity contribution in [3.8, 4) is 0 Å². The van der Waals surface area contributed by atoms with Gasteiger partial charge in [-0.05, 0) is 43.3 Å². The molecule has 0 spiro atoms. The third-order valence-corrected chi connectivity index (χ3v) is 4.07. The highest BCUT2D eigenvalue weighted by atomic mass is 19.1. The second kappa shape index (κ2) is 6.87. The molecule has 0 fully saturated rings. The number of hydrogen-bond donors (Lipinski definition) is 0. The molecular formula is C19H14FNO5. The van der Waals surface area contributed by atoms with Crippen LogP contribution in [0.5, 0.6) is 0 Å². The Labute approximate surface area is 148 Å². The average molecular weight is 355 g/mol. The van der Waals surface area contributed by atoms with Crippen LogP contribution in [0.15, 0.2) is 48.5 Å². The quantitative estimate of drug-likeness (QED) is 0.467. The van der Waals surface area contributed by atoms with Gasteiger partial charge in [-0.25, -0.2) is 9.18 Å². The van der Waals surface area contributed by atoms with Crippen molar-refractivity contribution in [3.05, 3.63) is 71.0 Å². The molecule has 0 saturated heterocycles. The van der Waals surface area contributed by atoms with Crippen LogP contribution in [-0.4, -0.2) is 41.1 Å². The van der Waals surface area contributed by atoms with Crippen LogP contribution in [0.2, 0.25) is 0 Å². The number of benzene rings is 2. The Morgan fingerprint density at radius 1 is 1.00 bits per heavy atom. The molecule has 1 aliphatic rings. The van der Waals surface area contributed by atoms with E-state index in [0.717, 1.165) is 17.0 Å². The van der Waals surface area contributed by atoms with Gasteiger partial charge in [-0.2, -0.15) is 0 Å². The zero-order chi connectivity index (χ0) is 18.8. The molecule has 0 saturated carbocycles. The number of ether oxygens (including phenoxy) is 1. The summed E-state index contributed by atoms with van der Waals surface area (Å²) in [6.07, 6.45) is 0. The number of carbonyl (C=O) groups excluding carboxylic acids is 4. The average Bonchev–Trinajstić information content (AvgIpc) is 2.90. The molecule has 2 aromatic carbocycles. The molecule has 6 nitrogen and oxygen atoms in total. The monoisotopic (exact) mass is 355 g/mol. The van der Waals surface area contributed by atoms with E-state index in [2.05, 4.69) is 0 Å². The Morgan fingerprint density at radius 2 is 1.54 bits per heavy atom. The van der Waals surface area contributed by atoms with E-state index in [4.69, 9.17) is 4.74 Å². The number of rotatable bonds is 5. The highest BCUT2D eigenvalue weighted by molar-refractivity contribution is 6.22. The fourth-order valence-corrected chi connectivity index (χ4v) is 2.64. The van der Waals surface area contributed by atoms with Crippen molar-refractivity contribution in [1.29, 1.82) is 0 Å². The standard InChI is InChI=1S/C19H14FNO5/c1-11(21-17(23)14-4-2-3-5-15(14)18(21)24)19(25)26-10-16(22)12-6-8-13(20)9-7-12/h2-9,11H,10H2,1H3. The number of halogens is 1. The summed E-state index contributed by atoms with van der Waals surface area (Å²) in [7, 11) is 0. The summed E-state index contributed by atoms with van der Waals surface area (Å²) in [4.78, 5) is 49.6. The minimum absolute atomic E-state index is 0.188. The summed E-state index contributed by atoms with van der Waals surface area (Å²) >= 11 is 0. The molecule has 2 aromatic rings. The normalized spacial score (nSPS) is 14.2. The molecule has 1 unspecified atom stereocenters. The van der Waals surface area contributed by atoms with E-state index in [-0.39, 0.29) is 16.7 Å². The van der Waals surface area contributed by atoms with Crippen LogP contribution in [0.25, 0.3) is 0 Å². The minimum Gasteiger partial charge on any atom is -0.456 e. The first-order valence-corrected chi connectivity index (χ1v) is 7.82. The van der Waals surface area contributed by atoms with E-state index < -0.39 is 42.0 Å². The Hall–Kier alpha value is -3.35. The highest BCUT2D eigenvalue weighted by Gasteiger charge is 2.41. The lowest BCUT2D eigenvalue weighted by Crippen LogP contribution is -2.44. The maximum atomic E-state index is 12.9. The first-order chi connectivity index (χ1) is 12.4. The summed E-state index contributed by atoms with van der Waals surface area (Å²) in [5, 5.41) is 0. The van der Waals surface area contributed by atoms with Gasteiger partial charge in [-0.15, -0.1) is 0 Å². The molecule has 0 aromatic heterocycles. The van der Waals surface area contributed by atoms with E-state index in [0.29, 0.717) is 0 Å². The predicted molar refractivity (Wildman–Crippen MR) is 88.1 cm³/mol. The maximum absolute atomic E-state index is 12.9. The molecule has 1 aliphatic heterocycles. The zero-order valence-corrected chi connectivity index (χ0v) is 13.8. The number of esters is 1. The molecule has 7 heteroatoms. The molecule has 0 radical (unpaired) electrons. The van der Waals surface area contributed by atoms with Gasteiger partial charge in [0.2, 0.25) is 0 Å². The molecule has 0 aliphatic carbocycles. The number of imide groups is 1. The van der Waals surface area contributed by atoms with Crippen molar-refractivity contribution in [2.45, 2.75) is 13.0 Å². The second-order valence-corrected chi connectivity index (χ2v) is 5.74. The third-order valence-electron chi connectivity index (χ3n) is 4.07. The smallest absolute Gasteiger partial charge is 0.329 e. The molecule has 1 heterocycles. The number of carbonyl (C=O) groups is 4. The largest absolute Gasteiger partial charge is 0.456 e. The number of hydrogen-bond acceptors (Lipinski definition) is 5. The summed E-state index contributed by atoms with van der Waals surface area (Å²) in [5.41, 5.74) is 0.631. The molecule has 0 N–H and O–H groups in total. The van der Waals surface area contributed by atoms with Crippen LogP contribution in [0.3, 0.4) is 0 Å². The lowest BCUT2D eigenvalue weighted by molar-refractivity contribution is -0.146. The number of Topliss-reactive ketones (excluding diaryl/α,β-unsaturated/α-hetero) is 1. The first kappa shape index (κ1) is 17.5. The maximum Gasteiger partial charge on any atom is 0.329 e. The van der Waals surface area contributed by atoms with Gasteiger partial charge in [0.15, 0.2) is 12.4 Å². The van der Waals surface area contributed by atoms with Crippen molar-refractivity contribution in [2.24, 2.45) is 0 Å². The third kappa shape index (κ3) is 3.11. The van der Waals surface area contributed by atoms with Crippen LogP contribution >= 0.6 is 0 Å². The van der Waals surface area contributed by atoms with Gasteiger partial charge < -0.3 is 4.74 Å². The van der Waals surface area contributed by atoms with Crippen molar-refractivity contribution in [1.82, 2.24) is 4.90 Å². The van der Waals surface area contributed by atoms with Gasteiger partial charge in [0.25, 0.3) is 11.8 Å². The van der Waals surface area contributed by atoms with Gasteiger partial charge in [0.05, 0.1) is 11.1 Å². The van der Waals surface area contributed by atoms with Gasteiger partial charge in [-0.1, -0.05) is 12.1 Å². The van der Waals surface area contributed by atoms with Gasteiger partial charge in [0.1, 0.15) is 11.9 Å². The SMILES string of the molecule is CC(C(=O)OCC(=O)c1ccc(F)cc1)N1C(=O)c2ccccc2C1=O. The lowest BCUT2D eigenvalue weighted by Gasteiger charge is -2.20. The Balaban J connectivity index is 1.65. The van der Waals surface area contributed by atoms with E-state index >= 15 is 0 Å². The molecular weight excluding hydrogens is 341 g/mol. The minimum atomic E-state index is -1.18. The van der Waals surface area contributed by atoms with Crippen LogP contribution in [0.1, 0.15) is 38.0 Å². The van der Waals surface area contributed by atoms with E-state index in [1.54, 1.807) is 12.1 Å². The summed E-state index contributed by atoms with van der Waals surface area (Å²) in [5.74, 6) is -3.06. The topological polar surface area (TPSA) is 80.8 Å². The molecule has 1 atom stereocenters. The predicted octanol–water partition coefficient (Wildman–Crippen LogP) is 2.24. The van der Waals surface area contributed by atoms with Crippen molar-refractivity contribution in [2.75, 3.05) is 6.61 Å². The van der Waals surface area contributed by atoms with Crippen LogP contribution in [0.4, 0.5) is 4.39 Å². The summed E-state index contributed by atoms with van der Waals surface area (Å²) in [6, 6.07) is 9.88. The summed E-state index contributed by atoms with van der Waals surface area (Å²) in [6.45, 7) is 0.782. The second-order valence-electron chi connectivity index (χ2n) is 5.74. The number of nitrogens with zero attached hydrogens (tertiary/aromatic N) is 1. The van der Waals surface area contributed by atoms with Crippen molar-refractivity contribution < 1.29 is 28.3 Å². The van der Waals surface area contributed by atoms with E-state index in [1.165, 1.54) is 31.2 Å². The lowest BCUT2D eigenvalue weighted by atomic mass is 10.1. The fraction of sp³-hybridized carbons (Fsp3) is 0.158. The number of amides is 2. The molecule has 2 amide bonds. The number of ketones is 1. The number of fused-ring (bicyclic) bond motifs is 1. The van der Waals surface area contributed by atoms with E-state index in [1.807, 2.05) is 0 Å². The molecule has 132 valence electrons. The van der Waals surface area contributed by atoms with Gasteiger partial charge in [-0.3, -0.25) is 19.3 Å². The molecule has 26 heavy (non-hydrogen) atoms. The van der Waals surface area contributed by atoms with Crippen LogP contribution in [0, 0.1) is 5.82 Å². The Morgan fingerprint density at radius 3 is 2.08 bits per heavy atom. The fourth-order valence-electron chi connectivity index (χ4n) is 2.64. The molecule has 0 bridgehead atoms. The van der Waals surface area contributed by atoms with Gasteiger partial charge in [0, 0.05) is 5.56 Å². The zero-order valence-electron chi connectivity index (χ0n) is 13.8. The Kier molecular flexibility index (Phi) is 4.62. The van der Waals surface area contributed by atoms with Crippen LogP contribution < -0.4 is 0 Å². The highest BCUT2D eigenvalue weighted by Crippen LogP contribution is 2.24. The Bertz CT molecular complexity index is 871.